The maximum Gasteiger partial charge on any atom is 0.0992 e. The Bertz CT molecular complexity index is 474. The third-order valence-corrected chi connectivity index (χ3v) is 4.81. The molecular formula is C16H20N2. The van der Waals surface area contributed by atoms with Crippen LogP contribution in [0.4, 0.5) is 5.69 Å². The monoisotopic (exact) mass is 240 g/mol. The molecule has 2 aliphatic rings. The first-order valence-corrected chi connectivity index (χ1v) is 6.97. The Morgan fingerprint density at radius 1 is 1.33 bits per heavy atom. The number of fused-ring (bicyclic) bond motifs is 2. The molecule has 2 nitrogen and oxygen atoms in total. The molecule has 3 atom stereocenters. The molecule has 0 aromatic heterocycles. The van der Waals surface area contributed by atoms with Crippen molar-refractivity contribution in [2.45, 2.75) is 25.7 Å². The van der Waals surface area contributed by atoms with Crippen molar-refractivity contribution in [2.24, 2.45) is 17.8 Å². The number of anilines is 1. The first-order chi connectivity index (χ1) is 8.76. The lowest BCUT2D eigenvalue weighted by molar-refractivity contribution is 0.337. The molecule has 0 spiro atoms. The van der Waals surface area contributed by atoms with Crippen molar-refractivity contribution in [1.29, 1.82) is 5.26 Å². The summed E-state index contributed by atoms with van der Waals surface area (Å²) in [5.74, 6) is 2.86. The Kier molecular flexibility index (Phi) is 2.99. The molecule has 0 saturated heterocycles. The van der Waals surface area contributed by atoms with Crippen molar-refractivity contribution in [3.8, 4) is 6.07 Å². The minimum Gasteiger partial charge on any atom is -0.374 e. The molecule has 3 rings (SSSR count). The largest absolute Gasteiger partial charge is 0.374 e. The van der Waals surface area contributed by atoms with Gasteiger partial charge < -0.3 is 4.90 Å². The van der Waals surface area contributed by atoms with Crippen LogP contribution in [0.3, 0.4) is 0 Å². The average molecular weight is 240 g/mol. The maximum atomic E-state index is 8.95. The highest BCUT2D eigenvalue weighted by atomic mass is 15.1. The number of nitrogens with zero attached hydrogens (tertiary/aromatic N) is 2. The topological polar surface area (TPSA) is 27.0 Å². The van der Waals surface area contributed by atoms with Gasteiger partial charge in [-0.2, -0.15) is 5.26 Å². The highest BCUT2D eigenvalue weighted by Gasteiger charge is 2.39. The molecule has 0 amide bonds. The fraction of sp³-hybridized carbons (Fsp3) is 0.562. The van der Waals surface area contributed by atoms with Gasteiger partial charge in [0.2, 0.25) is 0 Å². The third-order valence-electron chi connectivity index (χ3n) is 4.81. The second-order valence-corrected chi connectivity index (χ2v) is 5.98. The van der Waals surface area contributed by atoms with Crippen LogP contribution in [-0.4, -0.2) is 13.6 Å². The number of hydrogen-bond donors (Lipinski definition) is 0. The number of rotatable bonds is 3. The van der Waals surface area contributed by atoms with Crippen LogP contribution in [0.15, 0.2) is 24.3 Å². The van der Waals surface area contributed by atoms with Crippen LogP contribution >= 0.6 is 0 Å². The van der Waals surface area contributed by atoms with Gasteiger partial charge in [-0.25, -0.2) is 0 Å². The molecule has 0 aliphatic heterocycles. The molecule has 2 aliphatic carbocycles. The van der Waals surface area contributed by atoms with E-state index in [1.165, 1.54) is 31.4 Å². The summed E-state index contributed by atoms with van der Waals surface area (Å²) in [5.41, 5.74) is 1.93. The van der Waals surface area contributed by atoms with E-state index in [9.17, 15) is 0 Å². The standard InChI is InChI=1S/C16H20N2/c1-18(16-4-2-3-13(9-16)10-17)11-15-8-12-5-6-14(15)7-12/h2-4,9,12,14-15H,5-8,11H2,1H3. The van der Waals surface area contributed by atoms with Crippen molar-refractivity contribution in [3.05, 3.63) is 29.8 Å². The van der Waals surface area contributed by atoms with Crippen LogP contribution in [0.5, 0.6) is 0 Å². The molecule has 2 heteroatoms. The molecule has 94 valence electrons. The molecule has 2 saturated carbocycles. The van der Waals surface area contributed by atoms with E-state index in [1.807, 2.05) is 18.2 Å². The van der Waals surface area contributed by atoms with E-state index < -0.39 is 0 Å². The van der Waals surface area contributed by atoms with Gasteiger partial charge in [-0.3, -0.25) is 0 Å². The first-order valence-electron chi connectivity index (χ1n) is 6.97. The summed E-state index contributed by atoms with van der Waals surface area (Å²) in [5, 5.41) is 8.95. The number of benzene rings is 1. The molecule has 2 bridgehead atoms. The van der Waals surface area contributed by atoms with Gasteiger partial charge >= 0.3 is 0 Å². The van der Waals surface area contributed by atoms with Crippen LogP contribution in [0.25, 0.3) is 0 Å². The van der Waals surface area contributed by atoms with Gasteiger partial charge in [-0.1, -0.05) is 12.5 Å². The maximum absolute atomic E-state index is 8.95. The molecule has 0 radical (unpaired) electrons. The molecule has 2 fully saturated rings. The van der Waals surface area contributed by atoms with Crippen molar-refractivity contribution < 1.29 is 0 Å². The fourth-order valence-electron chi connectivity index (χ4n) is 3.87. The summed E-state index contributed by atoms with van der Waals surface area (Å²) in [6, 6.07) is 10.2. The Morgan fingerprint density at radius 2 is 2.22 bits per heavy atom. The van der Waals surface area contributed by atoms with Crippen molar-refractivity contribution in [2.75, 3.05) is 18.5 Å². The van der Waals surface area contributed by atoms with Crippen molar-refractivity contribution in [1.82, 2.24) is 0 Å². The van der Waals surface area contributed by atoms with Crippen LogP contribution in [0, 0.1) is 29.1 Å². The summed E-state index contributed by atoms with van der Waals surface area (Å²) in [6.45, 7) is 1.15. The second kappa shape index (κ2) is 4.65. The molecule has 1 aromatic rings. The second-order valence-electron chi connectivity index (χ2n) is 5.98. The Labute approximate surface area is 109 Å². The lowest BCUT2D eigenvalue weighted by Crippen LogP contribution is -2.28. The van der Waals surface area contributed by atoms with E-state index >= 15 is 0 Å². The summed E-state index contributed by atoms with van der Waals surface area (Å²) in [7, 11) is 2.16. The van der Waals surface area contributed by atoms with Crippen LogP contribution in [-0.2, 0) is 0 Å². The zero-order valence-electron chi connectivity index (χ0n) is 11.0. The summed E-state index contributed by atoms with van der Waals surface area (Å²) >= 11 is 0. The zero-order valence-corrected chi connectivity index (χ0v) is 11.0. The van der Waals surface area contributed by atoms with Gasteiger partial charge in [-0.15, -0.1) is 0 Å². The highest BCUT2D eigenvalue weighted by Crippen LogP contribution is 2.48. The quantitative estimate of drug-likeness (QED) is 0.809. The van der Waals surface area contributed by atoms with E-state index in [4.69, 9.17) is 5.26 Å². The van der Waals surface area contributed by atoms with Crippen molar-refractivity contribution in [3.63, 3.8) is 0 Å². The molecule has 1 aromatic carbocycles. The predicted octanol–water partition coefficient (Wildman–Crippen LogP) is 3.43. The molecular weight excluding hydrogens is 220 g/mol. The van der Waals surface area contributed by atoms with Gasteiger partial charge in [-0.05, 0) is 55.2 Å². The first kappa shape index (κ1) is 11.6. The van der Waals surface area contributed by atoms with Crippen molar-refractivity contribution >= 4 is 5.69 Å². The SMILES string of the molecule is CN(CC1CC2CCC1C2)c1cccc(C#N)c1. The Hall–Kier alpha value is -1.49. The Balaban J connectivity index is 1.67. The minimum absolute atomic E-state index is 0.757. The summed E-state index contributed by atoms with van der Waals surface area (Å²) in [4.78, 5) is 2.33. The Morgan fingerprint density at radius 3 is 2.89 bits per heavy atom. The van der Waals surface area contributed by atoms with E-state index in [0.29, 0.717) is 0 Å². The summed E-state index contributed by atoms with van der Waals surface area (Å²) < 4.78 is 0. The van der Waals surface area contributed by atoms with Gasteiger partial charge in [0.1, 0.15) is 0 Å². The molecule has 0 heterocycles. The smallest absolute Gasteiger partial charge is 0.0992 e. The highest BCUT2D eigenvalue weighted by molar-refractivity contribution is 5.50. The summed E-state index contributed by atoms with van der Waals surface area (Å²) in [6.07, 6.45) is 5.81. The van der Waals surface area contributed by atoms with E-state index in [-0.39, 0.29) is 0 Å². The normalized spacial score (nSPS) is 29.2. The van der Waals surface area contributed by atoms with Gasteiger partial charge in [0.25, 0.3) is 0 Å². The average Bonchev–Trinajstić information content (AvgIpc) is 3.01. The lowest BCUT2D eigenvalue weighted by atomic mass is 9.88. The lowest BCUT2D eigenvalue weighted by Gasteiger charge is -2.28. The van der Waals surface area contributed by atoms with Crippen LogP contribution in [0.2, 0.25) is 0 Å². The number of nitriles is 1. The molecule has 3 unspecified atom stereocenters. The zero-order chi connectivity index (χ0) is 12.5. The van der Waals surface area contributed by atoms with Crippen LogP contribution in [0.1, 0.15) is 31.2 Å². The van der Waals surface area contributed by atoms with Gasteiger partial charge in [0.15, 0.2) is 0 Å². The number of hydrogen-bond acceptors (Lipinski definition) is 2. The van der Waals surface area contributed by atoms with Gasteiger partial charge in [0, 0.05) is 19.3 Å². The molecule has 0 N–H and O–H groups in total. The predicted molar refractivity (Wildman–Crippen MR) is 73.4 cm³/mol. The fourth-order valence-corrected chi connectivity index (χ4v) is 3.87. The minimum atomic E-state index is 0.757. The van der Waals surface area contributed by atoms with E-state index in [0.717, 1.165) is 29.9 Å². The van der Waals surface area contributed by atoms with E-state index in [1.54, 1.807) is 0 Å². The third kappa shape index (κ3) is 2.10. The van der Waals surface area contributed by atoms with E-state index in [2.05, 4.69) is 24.1 Å². The van der Waals surface area contributed by atoms with Gasteiger partial charge in [0.05, 0.1) is 11.6 Å². The molecule has 18 heavy (non-hydrogen) atoms. The van der Waals surface area contributed by atoms with Crippen LogP contribution < -0.4 is 4.90 Å².